The Hall–Kier alpha value is -2.01. The largest absolute Gasteiger partial charge is 0.497 e. The SMILES string of the molecule is CN=C(NCC(c1cnn(C)c1)N(C)C)N(C)CCOc1ccc(OC)cc1.I. The van der Waals surface area contributed by atoms with Gasteiger partial charge in [-0.2, -0.15) is 5.10 Å². The summed E-state index contributed by atoms with van der Waals surface area (Å²) in [6.07, 6.45) is 3.95. The fraction of sp³-hybridized carbons (Fsp3) is 0.500. The number of halogens is 1. The van der Waals surface area contributed by atoms with Crippen LogP contribution in [0, 0.1) is 0 Å². The molecule has 162 valence electrons. The fourth-order valence-corrected chi connectivity index (χ4v) is 2.86. The zero-order valence-corrected chi connectivity index (χ0v) is 20.5. The molecule has 1 atom stereocenters. The summed E-state index contributed by atoms with van der Waals surface area (Å²) < 4.78 is 12.8. The first kappa shape index (κ1) is 25.0. The van der Waals surface area contributed by atoms with E-state index in [-0.39, 0.29) is 30.0 Å². The van der Waals surface area contributed by atoms with Crippen LogP contribution in [-0.4, -0.2) is 80.5 Å². The van der Waals surface area contributed by atoms with Gasteiger partial charge >= 0.3 is 0 Å². The van der Waals surface area contributed by atoms with Gasteiger partial charge < -0.3 is 24.6 Å². The number of likely N-dealkylation sites (N-methyl/N-ethyl adjacent to an activating group) is 2. The average molecular weight is 516 g/mol. The number of hydrogen-bond acceptors (Lipinski definition) is 5. The van der Waals surface area contributed by atoms with Crippen molar-refractivity contribution in [3.05, 3.63) is 42.2 Å². The number of guanidine groups is 1. The normalized spacial score (nSPS) is 12.3. The Morgan fingerprint density at radius 3 is 2.38 bits per heavy atom. The number of aliphatic imine (C=N–C) groups is 1. The lowest BCUT2D eigenvalue weighted by molar-refractivity contribution is 0.274. The lowest BCUT2D eigenvalue weighted by atomic mass is 10.1. The van der Waals surface area contributed by atoms with Crippen LogP contribution in [0.4, 0.5) is 0 Å². The molecule has 0 amide bonds. The molecule has 0 aliphatic carbocycles. The van der Waals surface area contributed by atoms with Gasteiger partial charge in [-0.3, -0.25) is 9.67 Å². The van der Waals surface area contributed by atoms with Gasteiger partial charge in [0.1, 0.15) is 18.1 Å². The fourth-order valence-electron chi connectivity index (χ4n) is 2.86. The highest BCUT2D eigenvalue weighted by Crippen LogP contribution is 2.17. The van der Waals surface area contributed by atoms with Crippen LogP contribution in [0.3, 0.4) is 0 Å². The Balaban J connectivity index is 0.00000420. The van der Waals surface area contributed by atoms with Crippen LogP contribution >= 0.6 is 24.0 Å². The van der Waals surface area contributed by atoms with Gasteiger partial charge in [0.05, 0.1) is 25.9 Å². The maximum atomic E-state index is 5.81. The molecule has 1 heterocycles. The second-order valence-electron chi connectivity index (χ2n) is 6.80. The minimum atomic E-state index is 0. The summed E-state index contributed by atoms with van der Waals surface area (Å²) in [5, 5.41) is 7.73. The Labute approximate surface area is 190 Å². The van der Waals surface area contributed by atoms with Crippen molar-refractivity contribution < 1.29 is 9.47 Å². The van der Waals surface area contributed by atoms with Crippen molar-refractivity contribution in [2.45, 2.75) is 6.04 Å². The highest BCUT2D eigenvalue weighted by molar-refractivity contribution is 14.0. The quantitative estimate of drug-likeness (QED) is 0.314. The first-order chi connectivity index (χ1) is 13.4. The molecule has 8 nitrogen and oxygen atoms in total. The Morgan fingerprint density at radius 2 is 1.86 bits per heavy atom. The number of rotatable bonds is 9. The van der Waals surface area contributed by atoms with Crippen LogP contribution in [-0.2, 0) is 7.05 Å². The third-order valence-electron chi connectivity index (χ3n) is 4.51. The lowest BCUT2D eigenvalue weighted by Crippen LogP contribution is -2.44. The third-order valence-corrected chi connectivity index (χ3v) is 4.51. The molecule has 2 rings (SSSR count). The zero-order valence-electron chi connectivity index (χ0n) is 18.1. The number of methoxy groups -OCH3 is 1. The average Bonchev–Trinajstić information content (AvgIpc) is 3.11. The van der Waals surface area contributed by atoms with E-state index >= 15 is 0 Å². The van der Waals surface area contributed by atoms with Gasteiger partial charge in [-0.25, -0.2) is 0 Å². The van der Waals surface area contributed by atoms with Gasteiger partial charge in [0.15, 0.2) is 5.96 Å². The van der Waals surface area contributed by atoms with Gasteiger partial charge in [-0.1, -0.05) is 0 Å². The molecule has 2 aromatic rings. The molecule has 0 aliphatic rings. The standard InChI is InChI=1S/C20H32N6O2.HI/c1-21-20(22-14-19(24(2)3)16-13-23-26(5)15-16)25(4)11-12-28-18-9-7-17(27-6)8-10-18;/h7-10,13,15,19H,11-12,14H2,1-6H3,(H,21,22);1H. The minimum Gasteiger partial charge on any atom is -0.497 e. The van der Waals surface area contributed by atoms with Crippen LogP contribution in [0.25, 0.3) is 0 Å². The summed E-state index contributed by atoms with van der Waals surface area (Å²) in [5.41, 5.74) is 1.17. The molecule has 0 bridgehead atoms. The maximum absolute atomic E-state index is 5.81. The summed E-state index contributed by atoms with van der Waals surface area (Å²) in [7, 11) is 11.5. The Bertz CT molecular complexity index is 748. The van der Waals surface area contributed by atoms with Crippen LogP contribution < -0.4 is 14.8 Å². The summed E-state index contributed by atoms with van der Waals surface area (Å²) in [6, 6.07) is 7.79. The Morgan fingerprint density at radius 1 is 1.21 bits per heavy atom. The molecule has 1 aromatic carbocycles. The molecule has 0 aliphatic heterocycles. The number of aryl methyl sites for hydroxylation is 1. The molecule has 29 heavy (non-hydrogen) atoms. The minimum absolute atomic E-state index is 0. The van der Waals surface area contributed by atoms with Crippen LogP contribution in [0.5, 0.6) is 11.5 Å². The molecule has 0 fully saturated rings. The summed E-state index contributed by atoms with van der Waals surface area (Å²) >= 11 is 0. The topological polar surface area (TPSA) is 67.2 Å². The molecular weight excluding hydrogens is 483 g/mol. The maximum Gasteiger partial charge on any atom is 0.193 e. The number of benzene rings is 1. The number of nitrogens with zero attached hydrogens (tertiary/aromatic N) is 5. The number of nitrogens with one attached hydrogen (secondary N) is 1. The lowest BCUT2D eigenvalue weighted by Gasteiger charge is -2.27. The van der Waals surface area contributed by atoms with E-state index in [0.717, 1.165) is 24.0 Å². The van der Waals surface area contributed by atoms with Crippen molar-refractivity contribution in [1.82, 2.24) is 24.9 Å². The predicted octanol–water partition coefficient (Wildman–Crippen LogP) is 2.24. The van der Waals surface area contributed by atoms with Crippen molar-refractivity contribution in [2.75, 3.05) is 55.0 Å². The molecule has 1 N–H and O–H groups in total. The first-order valence-corrected chi connectivity index (χ1v) is 9.28. The van der Waals surface area contributed by atoms with E-state index in [4.69, 9.17) is 9.47 Å². The summed E-state index contributed by atoms with van der Waals surface area (Å²) in [5.74, 6) is 2.47. The van der Waals surface area contributed by atoms with E-state index < -0.39 is 0 Å². The number of hydrogen-bond donors (Lipinski definition) is 1. The smallest absolute Gasteiger partial charge is 0.193 e. The van der Waals surface area contributed by atoms with Gasteiger partial charge in [-0.05, 0) is 38.4 Å². The van der Waals surface area contributed by atoms with Crippen LogP contribution in [0.2, 0.25) is 0 Å². The van der Waals surface area contributed by atoms with Crippen molar-refractivity contribution in [3.63, 3.8) is 0 Å². The molecule has 0 saturated carbocycles. The molecule has 0 radical (unpaired) electrons. The third kappa shape index (κ3) is 7.73. The van der Waals surface area contributed by atoms with Crippen molar-refractivity contribution in [2.24, 2.45) is 12.0 Å². The molecule has 1 unspecified atom stereocenters. The van der Waals surface area contributed by atoms with Crippen molar-refractivity contribution in [3.8, 4) is 11.5 Å². The van der Waals surface area contributed by atoms with E-state index in [0.29, 0.717) is 13.2 Å². The molecule has 0 spiro atoms. The van der Waals surface area contributed by atoms with Crippen molar-refractivity contribution >= 4 is 29.9 Å². The van der Waals surface area contributed by atoms with E-state index in [1.165, 1.54) is 5.56 Å². The molecule has 0 saturated heterocycles. The van der Waals surface area contributed by atoms with Gasteiger partial charge in [0.25, 0.3) is 0 Å². The molecule has 9 heteroatoms. The van der Waals surface area contributed by atoms with E-state index in [2.05, 4.69) is 39.3 Å². The van der Waals surface area contributed by atoms with Gasteiger partial charge in [0, 0.05) is 39.4 Å². The second-order valence-corrected chi connectivity index (χ2v) is 6.80. The number of ether oxygens (including phenoxy) is 2. The second kappa shape index (κ2) is 12.5. The highest BCUT2D eigenvalue weighted by Gasteiger charge is 2.17. The molecule has 1 aromatic heterocycles. The highest BCUT2D eigenvalue weighted by atomic mass is 127. The van der Waals surface area contributed by atoms with Crippen molar-refractivity contribution in [1.29, 1.82) is 0 Å². The zero-order chi connectivity index (χ0) is 20.5. The first-order valence-electron chi connectivity index (χ1n) is 9.28. The van der Waals surface area contributed by atoms with Gasteiger partial charge in [0.2, 0.25) is 0 Å². The van der Waals surface area contributed by atoms with Crippen LogP contribution in [0.1, 0.15) is 11.6 Å². The van der Waals surface area contributed by atoms with E-state index in [9.17, 15) is 0 Å². The molecular formula is C20H33IN6O2. The number of aromatic nitrogens is 2. The summed E-state index contributed by atoms with van der Waals surface area (Å²) in [6.45, 7) is 2.00. The Kier molecular flexibility index (Phi) is 10.8. The van der Waals surface area contributed by atoms with Gasteiger partial charge in [-0.15, -0.1) is 24.0 Å². The monoisotopic (exact) mass is 516 g/mol. The predicted molar refractivity (Wildman–Crippen MR) is 128 cm³/mol. The van der Waals surface area contributed by atoms with E-state index in [1.54, 1.807) is 14.2 Å². The summed E-state index contributed by atoms with van der Waals surface area (Å²) in [4.78, 5) is 8.61. The van der Waals surface area contributed by atoms with Crippen LogP contribution in [0.15, 0.2) is 41.7 Å². The van der Waals surface area contributed by atoms with E-state index in [1.807, 2.05) is 55.4 Å².